The van der Waals surface area contributed by atoms with Gasteiger partial charge in [-0.2, -0.15) is 0 Å². The first-order valence-corrected chi connectivity index (χ1v) is 22.5. The van der Waals surface area contributed by atoms with Crippen molar-refractivity contribution < 1.29 is 98.6 Å². The highest BCUT2D eigenvalue weighted by Gasteiger charge is 2.30. The van der Waals surface area contributed by atoms with Gasteiger partial charge in [-0.3, -0.25) is 38.4 Å². The summed E-state index contributed by atoms with van der Waals surface area (Å²) in [6.45, 7) is -3.86. The lowest BCUT2D eigenvalue weighted by Crippen LogP contribution is -2.48. The van der Waals surface area contributed by atoms with E-state index in [0.29, 0.717) is 17.0 Å². The van der Waals surface area contributed by atoms with E-state index in [2.05, 4.69) is 20.8 Å². The van der Waals surface area contributed by atoms with E-state index in [1.165, 1.54) is 6.92 Å². The van der Waals surface area contributed by atoms with E-state index in [1.807, 2.05) is 5.48 Å². The van der Waals surface area contributed by atoms with Gasteiger partial charge in [-0.05, 0) is 61.5 Å². The number of amides is 7. The Labute approximate surface area is 428 Å². The minimum atomic E-state index is -2.48. The maximum Gasteiger partial charge on any atom is 0.491 e. The van der Waals surface area contributed by atoms with E-state index >= 15 is 8.78 Å². The third-order valence-corrected chi connectivity index (χ3v) is 11.1. The summed E-state index contributed by atoms with van der Waals surface area (Å²) in [4.78, 5) is 99.3. The van der Waals surface area contributed by atoms with E-state index < -0.39 is 180 Å². The van der Waals surface area contributed by atoms with Gasteiger partial charge in [0, 0.05) is 50.2 Å². The Morgan fingerprint density at radius 1 is 0.513 bits per heavy atom. The third-order valence-electron chi connectivity index (χ3n) is 11.1. The summed E-state index contributed by atoms with van der Waals surface area (Å²) in [5, 5.41) is 53.1. The van der Waals surface area contributed by atoms with Crippen LogP contribution in [0.5, 0.6) is 0 Å². The Morgan fingerprint density at radius 2 is 0.921 bits per heavy atom. The monoisotopic (exact) mass is 1080 g/mol. The van der Waals surface area contributed by atoms with Crippen molar-refractivity contribution in [3.8, 4) is 0 Å². The molecule has 0 aliphatic heterocycles. The molecule has 1 radical (unpaired) electrons. The van der Waals surface area contributed by atoms with E-state index in [0.717, 1.165) is 53.3 Å². The van der Waals surface area contributed by atoms with Crippen molar-refractivity contribution in [2.24, 2.45) is 0 Å². The van der Waals surface area contributed by atoms with Gasteiger partial charge in [0.15, 0.2) is 46.5 Å². The summed E-state index contributed by atoms with van der Waals surface area (Å²) in [6.07, 6.45) is -0.699. The smallest absolute Gasteiger partial charge is 0.450 e. The molecule has 76 heavy (non-hydrogen) atoms. The number of hydrogen-bond acceptors (Lipinski definition) is 13. The van der Waals surface area contributed by atoms with Crippen LogP contribution in [0.1, 0.15) is 66.3 Å². The van der Waals surface area contributed by atoms with Crippen LogP contribution < -0.4 is 37.8 Å². The van der Waals surface area contributed by atoms with Crippen LogP contribution in [-0.2, 0) is 19.2 Å². The number of aryl methyl sites for hydroxylation is 1. The molecule has 20 nitrogen and oxygen atoms in total. The van der Waals surface area contributed by atoms with Crippen molar-refractivity contribution in [1.29, 1.82) is 0 Å². The second kappa shape index (κ2) is 28.5. The first-order chi connectivity index (χ1) is 35.9. The topological polar surface area (TPSA) is 288 Å². The summed E-state index contributed by atoms with van der Waals surface area (Å²) in [6, 6.07) is 6.74. The standard InChI is InChI=1S/C45H47B3F8N7O13/c1-23-6-7-26(37(52)34(23)49)45(70)63(19-5-16-58-42(67)24-8-11-28(46-71)39(54)35(24)50)22-33(66)61(21-32(65)60-76-2)17-3-14-57-31(64)20-62(44(69)27-10-13-30(48(74)75)41(56)38(27)53)18-4-15-59-43(68)25-9-12-29(47(72)73)40(55)36(25)51/h6-13,71-75H,3-5,14-22H2,1-2H3,(H,57,64)(H,58,67)(H,59,68)(H,60,65). The van der Waals surface area contributed by atoms with E-state index in [4.69, 9.17) is 5.02 Å². The van der Waals surface area contributed by atoms with Crippen molar-refractivity contribution in [2.45, 2.75) is 26.2 Å². The fourth-order valence-electron chi connectivity index (χ4n) is 7.10. The average Bonchev–Trinajstić information content (AvgIpc) is 3.37. The molecule has 4 rings (SSSR count). The minimum Gasteiger partial charge on any atom is -0.450 e. The van der Waals surface area contributed by atoms with Crippen molar-refractivity contribution in [2.75, 3.05) is 66.0 Å². The van der Waals surface area contributed by atoms with Crippen molar-refractivity contribution >= 4 is 79.5 Å². The van der Waals surface area contributed by atoms with Crippen molar-refractivity contribution in [1.82, 2.24) is 36.1 Å². The van der Waals surface area contributed by atoms with E-state index in [-0.39, 0.29) is 51.9 Å². The highest BCUT2D eigenvalue weighted by molar-refractivity contribution is 6.59. The third kappa shape index (κ3) is 15.8. The molecular formula is C45H47B3F8N7O13. The number of carbonyl (C=O) groups excluding carboxylic acids is 7. The predicted molar refractivity (Wildman–Crippen MR) is 252 cm³/mol. The second-order valence-corrected chi connectivity index (χ2v) is 16.3. The normalized spacial score (nSPS) is 10.8. The molecule has 31 heteroatoms. The lowest BCUT2D eigenvalue weighted by atomic mass is 9.79. The van der Waals surface area contributed by atoms with Crippen LogP contribution in [0, 0.1) is 53.5 Å². The number of halogens is 8. The minimum absolute atomic E-state index is 0.166. The molecule has 0 saturated carbocycles. The molecule has 0 atom stereocenters. The Kier molecular flexibility index (Phi) is 22.9. The molecular weight excluding hydrogens is 1030 g/mol. The number of carbonyl (C=O) groups is 7. The lowest BCUT2D eigenvalue weighted by Gasteiger charge is -2.28. The first-order valence-electron chi connectivity index (χ1n) is 22.5. The molecule has 4 aromatic rings. The zero-order chi connectivity index (χ0) is 56.6. The molecule has 0 aliphatic rings. The SMILES string of the molecule is CONC(=O)CN(CCCNC(=O)CN(CCCNC(=O)c1ccc(B(O)O)c(F)c1F)C(=O)c1ccc(B(O)O)c(F)c1F)C(=O)CN(CCCNC(=O)c1ccc([B]O)c(F)c1F)C(=O)c1ccc(C)c(F)c1F. The number of benzene rings is 4. The molecule has 405 valence electrons. The summed E-state index contributed by atoms with van der Waals surface area (Å²) in [7, 11) is -3.53. The van der Waals surface area contributed by atoms with Crippen LogP contribution in [0.15, 0.2) is 48.5 Å². The van der Waals surface area contributed by atoms with Crippen LogP contribution in [0.3, 0.4) is 0 Å². The molecule has 4 aromatic carbocycles. The van der Waals surface area contributed by atoms with Crippen LogP contribution in [0.25, 0.3) is 0 Å². The van der Waals surface area contributed by atoms with Gasteiger partial charge in [-0.15, -0.1) is 0 Å². The van der Waals surface area contributed by atoms with Gasteiger partial charge in [0.2, 0.25) is 11.8 Å². The van der Waals surface area contributed by atoms with E-state index in [1.54, 1.807) is 0 Å². The summed E-state index contributed by atoms with van der Waals surface area (Å²) in [5.41, 5.74) is -3.91. The fourth-order valence-corrected chi connectivity index (χ4v) is 7.10. The number of hydrogen-bond donors (Lipinski definition) is 9. The molecule has 0 unspecified atom stereocenters. The number of nitrogens with zero attached hydrogens (tertiary/aromatic N) is 3. The molecule has 0 bridgehead atoms. The first kappa shape index (κ1) is 61.1. The lowest BCUT2D eigenvalue weighted by molar-refractivity contribution is -0.140. The molecule has 0 spiro atoms. The maximum atomic E-state index is 15.1. The largest absolute Gasteiger partial charge is 0.491 e. The van der Waals surface area contributed by atoms with Gasteiger partial charge in [0.25, 0.3) is 29.5 Å². The van der Waals surface area contributed by atoms with Gasteiger partial charge >= 0.3 is 21.7 Å². The van der Waals surface area contributed by atoms with Gasteiger partial charge in [-0.1, -0.05) is 24.3 Å². The Bertz CT molecular complexity index is 2830. The molecule has 0 aromatic heterocycles. The highest BCUT2D eigenvalue weighted by atomic mass is 19.2. The Morgan fingerprint density at radius 3 is 1.42 bits per heavy atom. The predicted octanol–water partition coefficient (Wildman–Crippen LogP) is -2.06. The van der Waals surface area contributed by atoms with Crippen LogP contribution in [-0.4, -0.2) is 169 Å². The zero-order valence-corrected chi connectivity index (χ0v) is 40.2. The number of hydroxylamine groups is 1. The fraction of sp³-hybridized carbons (Fsp3) is 0.311. The average molecular weight is 1080 g/mol. The second-order valence-electron chi connectivity index (χ2n) is 16.3. The Hall–Kier alpha value is -7.44. The molecule has 0 fully saturated rings. The molecule has 0 heterocycles. The summed E-state index contributed by atoms with van der Waals surface area (Å²) < 4.78 is 117. The van der Waals surface area contributed by atoms with Crippen LogP contribution in [0.4, 0.5) is 35.1 Å². The van der Waals surface area contributed by atoms with Crippen molar-refractivity contribution in [3.05, 3.63) is 123 Å². The van der Waals surface area contributed by atoms with Gasteiger partial charge in [0.1, 0.15) is 13.1 Å². The van der Waals surface area contributed by atoms with Gasteiger partial charge in [-0.25, -0.2) is 40.6 Å². The maximum absolute atomic E-state index is 15.1. The molecule has 0 aliphatic carbocycles. The zero-order valence-electron chi connectivity index (χ0n) is 40.2. The summed E-state index contributed by atoms with van der Waals surface area (Å²) in [5.74, 6) is -20.9. The summed E-state index contributed by atoms with van der Waals surface area (Å²) >= 11 is 0. The van der Waals surface area contributed by atoms with Crippen LogP contribution in [0.2, 0.25) is 0 Å². The number of rotatable bonds is 26. The molecule has 9 N–H and O–H groups in total. The van der Waals surface area contributed by atoms with Crippen LogP contribution >= 0.6 is 0 Å². The van der Waals surface area contributed by atoms with E-state index in [9.17, 15) is 80.0 Å². The quantitative estimate of drug-likeness (QED) is 0.0142. The van der Waals surface area contributed by atoms with Crippen molar-refractivity contribution in [3.63, 3.8) is 0 Å². The van der Waals surface area contributed by atoms with Gasteiger partial charge < -0.3 is 55.8 Å². The Balaban J connectivity index is 1.47. The number of nitrogens with one attached hydrogen (secondary N) is 4. The molecule has 7 amide bonds. The highest BCUT2D eigenvalue weighted by Crippen LogP contribution is 2.19. The molecule has 0 saturated heterocycles. The van der Waals surface area contributed by atoms with Gasteiger partial charge in [0.05, 0.1) is 35.9 Å².